The van der Waals surface area contributed by atoms with Gasteiger partial charge in [0.25, 0.3) is 0 Å². The van der Waals surface area contributed by atoms with Crippen molar-refractivity contribution in [3.05, 3.63) is 0 Å². The van der Waals surface area contributed by atoms with Gasteiger partial charge < -0.3 is 10.5 Å². The molecule has 1 aliphatic carbocycles. The highest BCUT2D eigenvalue weighted by atomic mass is 32.2. The molecule has 0 aromatic rings. The first-order valence-corrected chi connectivity index (χ1v) is 7.69. The van der Waals surface area contributed by atoms with Gasteiger partial charge >= 0.3 is 0 Å². The summed E-state index contributed by atoms with van der Waals surface area (Å²) < 4.78 is 17.9. The van der Waals surface area contributed by atoms with Crippen LogP contribution in [0.3, 0.4) is 0 Å². The number of hydrogen-bond donors (Lipinski definition) is 1. The van der Waals surface area contributed by atoms with E-state index in [4.69, 9.17) is 10.5 Å². The predicted octanol–water partition coefficient (Wildman–Crippen LogP) is 1.43. The van der Waals surface area contributed by atoms with Crippen molar-refractivity contribution >= 4 is 10.8 Å². The standard InChI is InChI=1S/C12H23NO2S/c1-9-3-2-4-10(7-9)16(14)12-8-15-6-5-11(12)13/h9-12H,2-8,13H2,1H3. The second-order valence-electron chi connectivity index (χ2n) is 5.29. The molecule has 0 aromatic heterocycles. The molecule has 2 N–H and O–H groups in total. The van der Waals surface area contributed by atoms with E-state index in [0.29, 0.717) is 11.9 Å². The molecule has 1 aliphatic heterocycles. The van der Waals surface area contributed by atoms with Crippen LogP contribution in [0.15, 0.2) is 0 Å². The van der Waals surface area contributed by atoms with E-state index in [1.165, 1.54) is 12.8 Å². The quantitative estimate of drug-likeness (QED) is 0.800. The summed E-state index contributed by atoms with van der Waals surface area (Å²) in [6, 6.07) is 0.0758. The molecule has 0 amide bonds. The normalized spacial score (nSPS) is 42.9. The topological polar surface area (TPSA) is 52.3 Å². The van der Waals surface area contributed by atoms with E-state index >= 15 is 0 Å². The summed E-state index contributed by atoms with van der Waals surface area (Å²) in [5.41, 5.74) is 6.05. The largest absolute Gasteiger partial charge is 0.380 e. The van der Waals surface area contributed by atoms with Crippen molar-refractivity contribution in [2.24, 2.45) is 11.7 Å². The van der Waals surface area contributed by atoms with Gasteiger partial charge in [0.15, 0.2) is 0 Å². The highest BCUT2D eigenvalue weighted by Gasteiger charge is 2.34. The Kier molecular flexibility index (Phi) is 4.39. The highest BCUT2D eigenvalue weighted by molar-refractivity contribution is 7.86. The lowest BCUT2D eigenvalue weighted by Crippen LogP contribution is -2.48. The van der Waals surface area contributed by atoms with Crippen LogP contribution in [0.25, 0.3) is 0 Å². The Morgan fingerprint density at radius 2 is 2.12 bits per heavy atom. The van der Waals surface area contributed by atoms with Gasteiger partial charge in [0.2, 0.25) is 0 Å². The van der Waals surface area contributed by atoms with Gasteiger partial charge in [-0.2, -0.15) is 0 Å². The zero-order valence-corrected chi connectivity index (χ0v) is 10.9. The summed E-state index contributed by atoms with van der Waals surface area (Å²) in [5, 5.41) is 0.436. The van der Waals surface area contributed by atoms with Crippen LogP contribution in [0.4, 0.5) is 0 Å². The van der Waals surface area contributed by atoms with Crippen LogP contribution < -0.4 is 5.73 Å². The molecule has 5 unspecified atom stereocenters. The Labute approximate surface area is 101 Å². The van der Waals surface area contributed by atoms with E-state index in [1.807, 2.05) is 0 Å². The summed E-state index contributed by atoms with van der Waals surface area (Å²) in [7, 11) is -0.794. The molecule has 3 nitrogen and oxygen atoms in total. The molecule has 1 saturated heterocycles. The third kappa shape index (κ3) is 2.84. The fraction of sp³-hybridized carbons (Fsp3) is 1.00. The van der Waals surface area contributed by atoms with Crippen molar-refractivity contribution < 1.29 is 8.95 Å². The summed E-state index contributed by atoms with van der Waals surface area (Å²) in [6.45, 7) is 3.59. The third-order valence-electron chi connectivity index (χ3n) is 3.87. The average molecular weight is 245 g/mol. The summed E-state index contributed by atoms with van der Waals surface area (Å²) in [4.78, 5) is 0. The first-order chi connectivity index (χ1) is 7.68. The molecule has 94 valence electrons. The maximum absolute atomic E-state index is 12.5. The van der Waals surface area contributed by atoms with Gasteiger partial charge in [0, 0.05) is 28.7 Å². The Balaban J connectivity index is 1.94. The molecule has 1 heterocycles. The van der Waals surface area contributed by atoms with E-state index in [0.717, 1.165) is 31.8 Å². The minimum absolute atomic E-state index is 0.0732. The van der Waals surface area contributed by atoms with Crippen LogP contribution in [0, 0.1) is 5.92 Å². The zero-order valence-electron chi connectivity index (χ0n) is 10.1. The fourth-order valence-electron chi connectivity index (χ4n) is 2.80. The van der Waals surface area contributed by atoms with Crippen molar-refractivity contribution in [3.8, 4) is 0 Å². The van der Waals surface area contributed by atoms with Gasteiger partial charge in [-0.25, -0.2) is 0 Å². The van der Waals surface area contributed by atoms with Crippen LogP contribution in [0.1, 0.15) is 39.0 Å². The van der Waals surface area contributed by atoms with E-state index < -0.39 is 10.8 Å². The number of hydrogen-bond acceptors (Lipinski definition) is 3. The minimum atomic E-state index is -0.794. The first kappa shape index (κ1) is 12.5. The number of ether oxygens (including phenoxy) is 1. The molecule has 5 atom stereocenters. The van der Waals surface area contributed by atoms with E-state index in [9.17, 15) is 4.21 Å². The summed E-state index contributed by atoms with van der Waals surface area (Å²) in [6.07, 6.45) is 5.59. The number of rotatable bonds is 2. The maximum Gasteiger partial charge on any atom is 0.0736 e. The Bertz CT molecular complexity index is 259. The Morgan fingerprint density at radius 3 is 2.81 bits per heavy atom. The SMILES string of the molecule is CC1CCCC(S(=O)C2COCCC2N)C1. The van der Waals surface area contributed by atoms with Crippen molar-refractivity contribution in [3.63, 3.8) is 0 Å². The molecule has 0 aromatic carbocycles. The first-order valence-electron chi connectivity index (χ1n) is 6.41. The number of nitrogens with two attached hydrogens (primary N) is 1. The average Bonchev–Trinajstić information content (AvgIpc) is 2.29. The molecule has 16 heavy (non-hydrogen) atoms. The Hall–Kier alpha value is 0.0700. The van der Waals surface area contributed by atoms with Crippen LogP contribution in [0.2, 0.25) is 0 Å². The van der Waals surface area contributed by atoms with E-state index in [2.05, 4.69) is 6.92 Å². The van der Waals surface area contributed by atoms with Crippen molar-refractivity contribution in [1.29, 1.82) is 0 Å². The molecule has 1 saturated carbocycles. The van der Waals surface area contributed by atoms with E-state index in [1.54, 1.807) is 0 Å². The second kappa shape index (κ2) is 5.61. The minimum Gasteiger partial charge on any atom is -0.380 e. The highest BCUT2D eigenvalue weighted by Crippen LogP contribution is 2.29. The molecule has 2 aliphatic rings. The van der Waals surface area contributed by atoms with E-state index in [-0.39, 0.29) is 11.3 Å². The molecule has 4 heteroatoms. The molecule has 2 fully saturated rings. The monoisotopic (exact) mass is 245 g/mol. The van der Waals surface area contributed by atoms with Crippen molar-refractivity contribution in [2.45, 2.75) is 55.6 Å². The van der Waals surface area contributed by atoms with Gasteiger partial charge in [-0.1, -0.05) is 19.8 Å². The second-order valence-corrected chi connectivity index (χ2v) is 7.22. The third-order valence-corrected chi connectivity index (χ3v) is 6.04. The van der Waals surface area contributed by atoms with Crippen molar-refractivity contribution in [2.75, 3.05) is 13.2 Å². The summed E-state index contributed by atoms with van der Waals surface area (Å²) >= 11 is 0. The predicted molar refractivity (Wildman–Crippen MR) is 66.8 cm³/mol. The lowest BCUT2D eigenvalue weighted by Gasteiger charge is -2.33. The lowest BCUT2D eigenvalue weighted by molar-refractivity contribution is 0.0900. The van der Waals surface area contributed by atoms with Crippen LogP contribution in [-0.2, 0) is 15.5 Å². The maximum atomic E-state index is 12.5. The molecule has 2 rings (SSSR count). The van der Waals surface area contributed by atoms with Crippen LogP contribution >= 0.6 is 0 Å². The molecular formula is C12H23NO2S. The van der Waals surface area contributed by atoms with Gasteiger partial charge in [-0.3, -0.25) is 4.21 Å². The van der Waals surface area contributed by atoms with Gasteiger partial charge in [-0.05, 0) is 25.2 Å². The molecule has 0 radical (unpaired) electrons. The van der Waals surface area contributed by atoms with Crippen molar-refractivity contribution in [1.82, 2.24) is 0 Å². The van der Waals surface area contributed by atoms with Crippen LogP contribution in [0.5, 0.6) is 0 Å². The molecular weight excluding hydrogens is 222 g/mol. The summed E-state index contributed by atoms with van der Waals surface area (Å²) in [5.74, 6) is 0.725. The fourth-order valence-corrected chi connectivity index (χ4v) is 4.93. The molecule has 0 bridgehead atoms. The van der Waals surface area contributed by atoms with Gasteiger partial charge in [0.1, 0.15) is 0 Å². The van der Waals surface area contributed by atoms with Gasteiger partial charge in [-0.15, -0.1) is 0 Å². The smallest absolute Gasteiger partial charge is 0.0736 e. The zero-order chi connectivity index (χ0) is 11.5. The van der Waals surface area contributed by atoms with Gasteiger partial charge in [0.05, 0.1) is 11.9 Å². The van der Waals surface area contributed by atoms with Crippen LogP contribution in [-0.4, -0.2) is 34.0 Å². The molecule has 0 spiro atoms. The lowest BCUT2D eigenvalue weighted by atomic mass is 9.90. The Morgan fingerprint density at radius 1 is 1.31 bits per heavy atom.